The molecule has 2 rings (SSSR count). The fraction of sp³-hybridized carbons (Fsp3) is 0.375. The molecule has 1 atom stereocenters. The number of halogens is 1. The van der Waals surface area contributed by atoms with Gasteiger partial charge in [0.1, 0.15) is 0 Å². The Hall–Kier alpha value is -0.840. The highest BCUT2D eigenvalue weighted by atomic mass is 79.9. The van der Waals surface area contributed by atoms with Crippen LogP contribution in [0.25, 0.3) is 0 Å². The first-order valence-corrected chi connectivity index (χ1v) is 8.42. The third kappa shape index (κ3) is 4.08. The molecule has 0 amide bonds. The van der Waals surface area contributed by atoms with E-state index >= 15 is 0 Å². The fourth-order valence-corrected chi connectivity index (χ4v) is 3.76. The molecule has 2 N–H and O–H groups in total. The number of hydrogen-bond donors (Lipinski definition) is 1. The molecule has 0 radical (unpaired) electrons. The van der Waals surface area contributed by atoms with E-state index in [1.807, 2.05) is 6.92 Å². The monoisotopic (exact) mass is 352 g/mol. The summed E-state index contributed by atoms with van der Waals surface area (Å²) in [5.41, 5.74) is 9.79. The van der Waals surface area contributed by atoms with Crippen molar-refractivity contribution in [2.24, 2.45) is 5.73 Å². The molecular weight excluding hydrogens is 332 g/mol. The van der Waals surface area contributed by atoms with E-state index in [0.717, 1.165) is 17.4 Å². The Balaban J connectivity index is 2.10. The largest absolute Gasteiger partial charge is 0.369 e. The number of aryl methyl sites for hydroxylation is 1. The second-order valence-electron chi connectivity index (χ2n) is 5.38. The van der Waals surface area contributed by atoms with Gasteiger partial charge in [-0.15, -0.1) is 11.3 Å². The predicted octanol–water partition coefficient (Wildman–Crippen LogP) is 4.35. The smallest absolute Gasteiger partial charge is 0.0519 e. The summed E-state index contributed by atoms with van der Waals surface area (Å²) in [6.07, 6.45) is 0.938. The fourth-order valence-electron chi connectivity index (χ4n) is 2.26. The van der Waals surface area contributed by atoms with E-state index in [9.17, 15) is 0 Å². The lowest BCUT2D eigenvalue weighted by molar-refractivity contribution is 0.734. The third-order valence-electron chi connectivity index (χ3n) is 3.32. The second-order valence-corrected chi connectivity index (χ2v) is 7.29. The molecule has 0 aliphatic rings. The average Bonchev–Trinajstić information content (AvgIpc) is 2.76. The Morgan fingerprint density at radius 3 is 2.65 bits per heavy atom. The van der Waals surface area contributed by atoms with Crippen molar-refractivity contribution in [3.63, 3.8) is 0 Å². The number of rotatable bonds is 5. The highest BCUT2D eigenvalue weighted by molar-refractivity contribution is 9.10. The van der Waals surface area contributed by atoms with Gasteiger partial charge in [-0.3, -0.25) is 0 Å². The lowest BCUT2D eigenvalue weighted by Crippen LogP contribution is -2.19. The molecule has 0 fully saturated rings. The molecule has 0 saturated heterocycles. The minimum atomic E-state index is 0.209. The van der Waals surface area contributed by atoms with E-state index in [1.165, 1.54) is 21.7 Å². The van der Waals surface area contributed by atoms with Gasteiger partial charge in [0.05, 0.1) is 6.54 Å². The maximum atomic E-state index is 5.88. The van der Waals surface area contributed by atoms with E-state index in [-0.39, 0.29) is 6.04 Å². The van der Waals surface area contributed by atoms with Gasteiger partial charge in [0.15, 0.2) is 0 Å². The zero-order valence-corrected chi connectivity index (χ0v) is 14.6. The second kappa shape index (κ2) is 6.74. The minimum absolute atomic E-state index is 0.209. The van der Waals surface area contributed by atoms with Crippen molar-refractivity contribution in [2.75, 3.05) is 11.9 Å². The van der Waals surface area contributed by atoms with E-state index in [2.05, 4.69) is 64.4 Å². The van der Waals surface area contributed by atoms with E-state index < -0.39 is 0 Å². The lowest BCUT2D eigenvalue weighted by atomic mass is 10.0. The molecule has 2 nitrogen and oxygen atoms in total. The van der Waals surface area contributed by atoms with Crippen LogP contribution in [0, 0.1) is 6.92 Å². The number of anilines is 1. The molecule has 108 valence electrons. The Kier molecular flexibility index (Phi) is 5.24. The Morgan fingerprint density at radius 1 is 1.35 bits per heavy atom. The summed E-state index contributed by atoms with van der Waals surface area (Å²) in [6, 6.07) is 9.03. The van der Waals surface area contributed by atoms with Crippen molar-refractivity contribution >= 4 is 33.0 Å². The SMILES string of the molecule is Cc1cc(N(C)Cc2cc(Br)cs2)ccc1CC(C)N. The summed E-state index contributed by atoms with van der Waals surface area (Å²) in [4.78, 5) is 3.64. The summed E-state index contributed by atoms with van der Waals surface area (Å²) in [6.45, 7) is 5.15. The molecule has 4 heteroatoms. The van der Waals surface area contributed by atoms with Gasteiger partial charge in [-0.05, 0) is 65.5 Å². The number of benzene rings is 1. The normalized spacial score (nSPS) is 12.4. The third-order valence-corrected chi connectivity index (χ3v) is 5.01. The van der Waals surface area contributed by atoms with Crippen LogP contribution in [0.1, 0.15) is 22.9 Å². The summed E-state index contributed by atoms with van der Waals surface area (Å²) in [7, 11) is 2.13. The van der Waals surface area contributed by atoms with Crippen LogP contribution < -0.4 is 10.6 Å². The van der Waals surface area contributed by atoms with Crippen LogP contribution in [-0.4, -0.2) is 13.1 Å². The average molecular weight is 353 g/mol. The first-order valence-electron chi connectivity index (χ1n) is 6.75. The molecule has 0 spiro atoms. The van der Waals surface area contributed by atoms with Crippen molar-refractivity contribution < 1.29 is 0 Å². The number of nitrogens with two attached hydrogens (primary N) is 1. The first kappa shape index (κ1) is 15.5. The molecule has 1 heterocycles. The quantitative estimate of drug-likeness (QED) is 0.866. The van der Waals surface area contributed by atoms with E-state index in [4.69, 9.17) is 5.73 Å². The molecule has 2 aromatic rings. The van der Waals surface area contributed by atoms with Gasteiger partial charge < -0.3 is 10.6 Å². The molecule has 0 bridgehead atoms. The van der Waals surface area contributed by atoms with Crippen LogP contribution >= 0.6 is 27.3 Å². The van der Waals surface area contributed by atoms with Gasteiger partial charge in [0.2, 0.25) is 0 Å². The highest BCUT2D eigenvalue weighted by Crippen LogP contribution is 2.24. The molecule has 1 aromatic carbocycles. The van der Waals surface area contributed by atoms with Crippen LogP contribution in [0.4, 0.5) is 5.69 Å². The molecule has 1 unspecified atom stereocenters. The van der Waals surface area contributed by atoms with Gasteiger partial charge in [-0.25, -0.2) is 0 Å². The van der Waals surface area contributed by atoms with Crippen molar-refractivity contribution in [1.82, 2.24) is 0 Å². The summed E-state index contributed by atoms with van der Waals surface area (Å²) >= 11 is 5.29. The molecular formula is C16H21BrN2S. The van der Waals surface area contributed by atoms with Gasteiger partial charge in [0, 0.05) is 33.5 Å². The molecule has 1 aromatic heterocycles. The van der Waals surface area contributed by atoms with Crippen LogP contribution in [0.15, 0.2) is 34.1 Å². The molecule has 0 aliphatic carbocycles. The van der Waals surface area contributed by atoms with E-state index in [0.29, 0.717) is 0 Å². The van der Waals surface area contributed by atoms with Crippen LogP contribution in [-0.2, 0) is 13.0 Å². The molecule has 0 saturated carbocycles. The van der Waals surface area contributed by atoms with Gasteiger partial charge in [0.25, 0.3) is 0 Å². The summed E-state index contributed by atoms with van der Waals surface area (Å²) in [5, 5.41) is 2.13. The Labute approximate surface area is 133 Å². The van der Waals surface area contributed by atoms with Crippen LogP contribution in [0.5, 0.6) is 0 Å². The van der Waals surface area contributed by atoms with Crippen molar-refractivity contribution in [3.8, 4) is 0 Å². The van der Waals surface area contributed by atoms with Crippen LogP contribution in [0.3, 0.4) is 0 Å². The number of nitrogens with zero attached hydrogens (tertiary/aromatic N) is 1. The maximum Gasteiger partial charge on any atom is 0.0519 e. The first-order chi connectivity index (χ1) is 9.45. The van der Waals surface area contributed by atoms with Crippen molar-refractivity contribution in [1.29, 1.82) is 0 Å². The van der Waals surface area contributed by atoms with Gasteiger partial charge in [-0.1, -0.05) is 6.07 Å². The number of thiophene rings is 1. The molecule has 0 aliphatic heterocycles. The zero-order chi connectivity index (χ0) is 14.7. The lowest BCUT2D eigenvalue weighted by Gasteiger charge is -2.20. The van der Waals surface area contributed by atoms with Crippen molar-refractivity contribution in [3.05, 3.63) is 50.1 Å². The zero-order valence-electron chi connectivity index (χ0n) is 12.2. The predicted molar refractivity (Wildman–Crippen MR) is 92.7 cm³/mol. The topological polar surface area (TPSA) is 29.3 Å². The maximum absolute atomic E-state index is 5.88. The Morgan fingerprint density at radius 2 is 2.10 bits per heavy atom. The van der Waals surface area contributed by atoms with Crippen molar-refractivity contribution in [2.45, 2.75) is 32.9 Å². The Bertz CT molecular complexity index is 578. The van der Waals surface area contributed by atoms with Gasteiger partial charge in [-0.2, -0.15) is 0 Å². The number of hydrogen-bond acceptors (Lipinski definition) is 3. The minimum Gasteiger partial charge on any atom is -0.369 e. The highest BCUT2D eigenvalue weighted by Gasteiger charge is 2.07. The summed E-state index contributed by atoms with van der Waals surface area (Å²) < 4.78 is 1.16. The standard InChI is InChI=1S/C16H21BrN2S/c1-11-6-15(5-4-13(11)7-12(2)18)19(3)9-16-8-14(17)10-20-16/h4-6,8,10,12H,7,9,18H2,1-3H3. The summed E-state index contributed by atoms with van der Waals surface area (Å²) in [5.74, 6) is 0. The van der Waals surface area contributed by atoms with Crippen LogP contribution in [0.2, 0.25) is 0 Å². The molecule has 20 heavy (non-hydrogen) atoms. The van der Waals surface area contributed by atoms with Gasteiger partial charge >= 0.3 is 0 Å². The van der Waals surface area contributed by atoms with E-state index in [1.54, 1.807) is 11.3 Å².